The van der Waals surface area contributed by atoms with Crippen molar-refractivity contribution in [3.8, 4) is 0 Å². The van der Waals surface area contributed by atoms with E-state index in [9.17, 15) is 18.0 Å². The molecule has 3 aromatic rings. The summed E-state index contributed by atoms with van der Waals surface area (Å²) in [4.78, 5) is 26.7. The maximum atomic E-state index is 13.6. The number of carbonyl (C=O) groups is 2. The third-order valence-corrected chi connectivity index (χ3v) is 8.19. The van der Waals surface area contributed by atoms with Crippen LogP contribution < -0.4 is 15.4 Å². The van der Waals surface area contributed by atoms with E-state index in [1.807, 2.05) is 30.3 Å². The zero-order valence-electron chi connectivity index (χ0n) is 22.0. The first-order valence-electron chi connectivity index (χ1n) is 12.8. The Balaban J connectivity index is 1.62. The number of hydrogen-bond acceptors (Lipinski definition) is 5. The molecule has 8 nitrogen and oxygen atoms in total. The molecule has 0 radical (unpaired) electrons. The van der Waals surface area contributed by atoms with E-state index in [0.29, 0.717) is 48.9 Å². The molecule has 0 saturated carbocycles. The molecular formula is C29H35N3O5S. The van der Waals surface area contributed by atoms with Crippen molar-refractivity contribution in [1.29, 1.82) is 0 Å². The Labute approximate surface area is 224 Å². The largest absolute Gasteiger partial charge is 0.381 e. The molecule has 1 aliphatic rings. The highest BCUT2D eigenvalue weighted by Crippen LogP contribution is 2.29. The van der Waals surface area contributed by atoms with Crippen molar-refractivity contribution >= 4 is 38.3 Å². The maximum absolute atomic E-state index is 13.6. The molecule has 2 amide bonds. The van der Waals surface area contributed by atoms with Crippen LogP contribution in [0.25, 0.3) is 10.8 Å². The number of nitrogens with one attached hydrogen (secondary N) is 3. The van der Waals surface area contributed by atoms with Crippen LogP contribution in [-0.2, 0) is 30.8 Å². The molecule has 0 spiro atoms. The summed E-state index contributed by atoms with van der Waals surface area (Å²) in [5, 5.41) is 6.98. The average molecular weight is 538 g/mol. The molecule has 4 rings (SSSR count). The molecule has 1 unspecified atom stereocenters. The number of hydrogen-bond donors (Lipinski definition) is 3. The van der Waals surface area contributed by atoms with Gasteiger partial charge in [-0.1, -0.05) is 54.6 Å². The van der Waals surface area contributed by atoms with Gasteiger partial charge in [0.1, 0.15) is 6.04 Å². The minimum absolute atomic E-state index is 0.134. The van der Waals surface area contributed by atoms with Crippen molar-refractivity contribution in [3.63, 3.8) is 0 Å². The van der Waals surface area contributed by atoms with Crippen molar-refractivity contribution in [1.82, 2.24) is 10.0 Å². The minimum atomic E-state index is -3.81. The van der Waals surface area contributed by atoms with Crippen molar-refractivity contribution in [2.75, 3.05) is 18.5 Å². The fraction of sp³-hybridized carbons (Fsp3) is 0.379. The molecule has 1 aliphatic heterocycles. The molecule has 9 heteroatoms. The number of rotatable bonds is 8. The predicted octanol–water partition coefficient (Wildman–Crippen LogP) is 4.01. The smallest absolute Gasteiger partial charge is 0.247 e. The van der Waals surface area contributed by atoms with E-state index in [2.05, 4.69) is 15.4 Å². The lowest BCUT2D eigenvalue weighted by Gasteiger charge is -2.25. The van der Waals surface area contributed by atoms with E-state index < -0.39 is 21.6 Å². The van der Waals surface area contributed by atoms with Gasteiger partial charge in [-0.25, -0.2) is 13.1 Å². The Morgan fingerprint density at radius 1 is 0.921 bits per heavy atom. The van der Waals surface area contributed by atoms with Crippen molar-refractivity contribution in [2.45, 2.75) is 56.5 Å². The van der Waals surface area contributed by atoms with Crippen LogP contribution in [-0.4, -0.2) is 45.0 Å². The molecule has 1 heterocycles. The van der Waals surface area contributed by atoms with Crippen LogP contribution in [0.2, 0.25) is 0 Å². The highest BCUT2D eigenvalue weighted by Gasteiger charge is 2.28. The van der Waals surface area contributed by atoms with E-state index in [-0.39, 0.29) is 22.6 Å². The third kappa shape index (κ3) is 6.98. The lowest BCUT2D eigenvalue weighted by Crippen LogP contribution is -2.48. The zero-order chi connectivity index (χ0) is 27.3. The summed E-state index contributed by atoms with van der Waals surface area (Å²) in [7, 11) is -3.81. The Morgan fingerprint density at radius 3 is 2.26 bits per heavy atom. The standard InChI is InChI=1S/C29H35N3O5S/c1-29(2,3)32-38(35,36)26-14-8-11-22-23(26)12-7-13-24(22)30-28(34)25(19-20-9-5-4-6-10-20)31-27(33)21-15-17-37-18-16-21/h4-14,21,25,32H,15-19H2,1-3H3,(H,30,34)(H,31,33). The van der Waals surface area contributed by atoms with Gasteiger partial charge >= 0.3 is 0 Å². The van der Waals surface area contributed by atoms with Gasteiger partial charge in [0.2, 0.25) is 21.8 Å². The lowest BCUT2D eigenvalue weighted by atomic mass is 9.97. The van der Waals surface area contributed by atoms with Crippen LogP contribution in [0.5, 0.6) is 0 Å². The summed E-state index contributed by atoms with van der Waals surface area (Å²) in [5.41, 5.74) is 0.735. The van der Waals surface area contributed by atoms with E-state index in [1.54, 1.807) is 57.2 Å². The summed E-state index contributed by atoms with van der Waals surface area (Å²) in [6, 6.07) is 18.8. The maximum Gasteiger partial charge on any atom is 0.247 e. The molecule has 1 atom stereocenters. The second kappa shape index (κ2) is 11.6. The first-order chi connectivity index (χ1) is 18.0. The summed E-state index contributed by atoms with van der Waals surface area (Å²) >= 11 is 0. The number of carbonyl (C=O) groups excluding carboxylic acids is 2. The second-order valence-electron chi connectivity index (χ2n) is 10.6. The molecular weight excluding hydrogens is 502 g/mol. The number of anilines is 1. The Bertz CT molecular complexity index is 1390. The molecule has 0 bridgehead atoms. The first-order valence-corrected chi connectivity index (χ1v) is 14.3. The van der Waals surface area contributed by atoms with Gasteiger partial charge in [-0.3, -0.25) is 9.59 Å². The lowest BCUT2D eigenvalue weighted by molar-refractivity contribution is -0.131. The normalized spacial score (nSPS) is 15.7. The summed E-state index contributed by atoms with van der Waals surface area (Å²) < 4.78 is 34.3. The number of fused-ring (bicyclic) bond motifs is 1. The molecule has 1 fully saturated rings. The number of benzene rings is 3. The molecule has 38 heavy (non-hydrogen) atoms. The van der Waals surface area contributed by atoms with Crippen molar-refractivity contribution in [2.24, 2.45) is 5.92 Å². The molecule has 0 aromatic heterocycles. The van der Waals surface area contributed by atoms with E-state index in [4.69, 9.17) is 4.74 Å². The SMILES string of the molecule is CC(C)(C)NS(=O)(=O)c1cccc2c(NC(=O)C(Cc3ccccc3)NC(=O)C3CCOCC3)cccc12. The van der Waals surface area contributed by atoms with Crippen molar-refractivity contribution in [3.05, 3.63) is 72.3 Å². The molecule has 3 N–H and O–H groups in total. The van der Waals surface area contributed by atoms with Gasteiger partial charge in [0, 0.05) is 47.6 Å². The molecule has 0 aliphatic carbocycles. The van der Waals surface area contributed by atoms with E-state index in [1.165, 1.54) is 0 Å². The van der Waals surface area contributed by atoms with Gasteiger partial charge < -0.3 is 15.4 Å². The Morgan fingerprint density at radius 2 is 1.58 bits per heavy atom. The van der Waals surface area contributed by atoms with Gasteiger partial charge in [-0.15, -0.1) is 0 Å². The van der Waals surface area contributed by atoms with E-state index >= 15 is 0 Å². The number of ether oxygens (including phenoxy) is 1. The van der Waals surface area contributed by atoms with Crippen LogP contribution in [0.1, 0.15) is 39.2 Å². The topological polar surface area (TPSA) is 114 Å². The summed E-state index contributed by atoms with van der Waals surface area (Å²) in [6.45, 7) is 6.40. The zero-order valence-corrected chi connectivity index (χ0v) is 22.8. The van der Waals surface area contributed by atoms with Crippen LogP contribution in [0.15, 0.2) is 71.6 Å². The average Bonchev–Trinajstić information content (AvgIpc) is 2.88. The van der Waals surface area contributed by atoms with Crippen LogP contribution in [0, 0.1) is 5.92 Å². The number of sulfonamides is 1. The molecule has 202 valence electrons. The highest BCUT2D eigenvalue weighted by molar-refractivity contribution is 7.89. The summed E-state index contributed by atoms with van der Waals surface area (Å²) in [6.07, 6.45) is 1.56. The monoisotopic (exact) mass is 537 g/mol. The Hall–Kier alpha value is -3.27. The molecule has 1 saturated heterocycles. The van der Waals surface area contributed by atoms with Crippen molar-refractivity contribution < 1.29 is 22.7 Å². The van der Waals surface area contributed by atoms with Crippen LogP contribution in [0.4, 0.5) is 5.69 Å². The van der Waals surface area contributed by atoms with Crippen LogP contribution >= 0.6 is 0 Å². The minimum Gasteiger partial charge on any atom is -0.381 e. The quantitative estimate of drug-likeness (QED) is 0.402. The fourth-order valence-electron chi connectivity index (χ4n) is 4.61. The second-order valence-corrected chi connectivity index (χ2v) is 12.3. The summed E-state index contributed by atoms with van der Waals surface area (Å²) in [5.74, 6) is -0.734. The fourth-order valence-corrected chi connectivity index (χ4v) is 6.25. The van der Waals surface area contributed by atoms with E-state index in [0.717, 1.165) is 5.56 Å². The van der Waals surface area contributed by atoms with Crippen LogP contribution in [0.3, 0.4) is 0 Å². The van der Waals surface area contributed by atoms with Gasteiger partial charge in [0.05, 0.1) is 4.90 Å². The first kappa shape index (κ1) is 27.8. The van der Waals surface area contributed by atoms with Gasteiger partial charge in [-0.2, -0.15) is 0 Å². The predicted molar refractivity (Wildman–Crippen MR) is 148 cm³/mol. The van der Waals surface area contributed by atoms with Gasteiger partial charge in [0.15, 0.2) is 0 Å². The van der Waals surface area contributed by atoms with Gasteiger partial charge in [-0.05, 0) is 51.3 Å². The highest BCUT2D eigenvalue weighted by atomic mass is 32.2. The number of amides is 2. The third-order valence-electron chi connectivity index (χ3n) is 6.38. The molecule has 3 aromatic carbocycles. The Kier molecular flexibility index (Phi) is 8.50. The van der Waals surface area contributed by atoms with Gasteiger partial charge in [0.25, 0.3) is 0 Å².